The fraction of sp³-hybridized carbons (Fsp3) is 0.296. The molecule has 2 heterocycles. The third kappa shape index (κ3) is 4.72. The van der Waals surface area contributed by atoms with Crippen LogP contribution < -0.4 is 4.74 Å². The van der Waals surface area contributed by atoms with Gasteiger partial charge in [0.15, 0.2) is 5.75 Å². The van der Waals surface area contributed by atoms with Gasteiger partial charge in [-0.1, -0.05) is 48.0 Å². The molecule has 34 heavy (non-hydrogen) atoms. The first-order chi connectivity index (χ1) is 16.4. The van der Waals surface area contributed by atoms with Gasteiger partial charge in [-0.3, -0.25) is 0 Å². The predicted octanol–water partition coefficient (Wildman–Crippen LogP) is 5.03. The standard InChI is InChI=1S/C27H29N3O3S/c1-20-10-12-25-23(17-20)27(28-24-11-9-21(2)18-26(24)33-25)29-13-6-14-30(16-15-29)34(31,32)19-22-7-4-3-5-8-22/h3-5,7-12,17-18H,6,13-16,19H2,1-2H3. The van der Waals surface area contributed by atoms with Gasteiger partial charge >= 0.3 is 0 Å². The molecule has 0 amide bonds. The summed E-state index contributed by atoms with van der Waals surface area (Å²) in [6.45, 7) is 6.32. The first kappa shape index (κ1) is 22.6. The van der Waals surface area contributed by atoms with Crippen molar-refractivity contribution in [2.45, 2.75) is 26.0 Å². The van der Waals surface area contributed by atoms with E-state index in [-0.39, 0.29) is 5.75 Å². The molecule has 3 aromatic carbocycles. The molecule has 1 saturated heterocycles. The van der Waals surface area contributed by atoms with Gasteiger partial charge in [-0.2, -0.15) is 4.31 Å². The SMILES string of the molecule is Cc1ccc2c(c1)Oc1ccc(C)cc1C(N1CCCN(S(=O)(=O)Cc3ccccc3)CC1)=N2. The molecular formula is C27H29N3O3S. The van der Waals surface area contributed by atoms with E-state index in [4.69, 9.17) is 9.73 Å². The summed E-state index contributed by atoms with van der Waals surface area (Å²) >= 11 is 0. The maximum Gasteiger partial charge on any atom is 0.218 e. The number of amidine groups is 1. The van der Waals surface area contributed by atoms with Crippen LogP contribution in [0.25, 0.3) is 0 Å². The number of ether oxygens (including phenoxy) is 1. The number of hydrogen-bond donors (Lipinski definition) is 0. The van der Waals surface area contributed by atoms with E-state index in [2.05, 4.69) is 17.9 Å². The van der Waals surface area contributed by atoms with Crippen molar-refractivity contribution in [1.82, 2.24) is 9.21 Å². The average molecular weight is 476 g/mol. The summed E-state index contributed by atoms with van der Waals surface area (Å²) < 4.78 is 34.2. The van der Waals surface area contributed by atoms with Crippen LogP contribution in [0, 0.1) is 13.8 Å². The van der Waals surface area contributed by atoms with Gasteiger partial charge in [-0.05, 0) is 55.7 Å². The van der Waals surface area contributed by atoms with Crippen LogP contribution in [0.15, 0.2) is 71.7 Å². The zero-order valence-corrected chi connectivity index (χ0v) is 20.4. The van der Waals surface area contributed by atoms with E-state index in [1.165, 1.54) is 0 Å². The predicted molar refractivity (Wildman–Crippen MR) is 135 cm³/mol. The first-order valence-corrected chi connectivity index (χ1v) is 13.2. The number of aliphatic imine (C=N–C) groups is 1. The Balaban J connectivity index is 1.44. The fourth-order valence-corrected chi connectivity index (χ4v) is 6.06. The molecule has 0 N–H and O–H groups in total. The van der Waals surface area contributed by atoms with Crippen molar-refractivity contribution < 1.29 is 13.2 Å². The zero-order chi connectivity index (χ0) is 23.7. The lowest BCUT2D eigenvalue weighted by molar-refractivity contribution is 0.407. The lowest BCUT2D eigenvalue weighted by atomic mass is 10.1. The van der Waals surface area contributed by atoms with Gasteiger partial charge < -0.3 is 9.64 Å². The number of sulfonamides is 1. The number of nitrogens with zero attached hydrogens (tertiary/aromatic N) is 3. The van der Waals surface area contributed by atoms with Crippen LogP contribution in [-0.4, -0.2) is 49.6 Å². The molecule has 0 bridgehead atoms. The van der Waals surface area contributed by atoms with E-state index in [0.717, 1.165) is 58.2 Å². The van der Waals surface area contributed by atoms with E-state index < -0.39 is 10.0 Å². The summed E-state index contributed by atoms with van der Waals surface area (Å²) in [6, 6.07) is 21.5. The van der Waals surface area contributed by atoms with Crippen molar-refractivity contribution in [1.29, 1.82) is 0 Å². The molecule has 0 saturated carbocycles. The summed E-state index contributed by atoms with van der Waals surface area (Å²) in [7, 11) is -3.40. The normalized spacial score (nSPS) is 16.5. The molecule has 176 valence electrons. The minimum Gasteiger partial charge on any atom is -0.454 e. The number of benzene rings is 3. The maximum absolute atomic E-state index is 13.1. The van der Waals surface area contributed by atoms with Gasteiger partial charge in [0.05, 0.1) is 11.3 Å². The van der Waals surface area contributed by atoms with Crippen LogP contribution in [0.5, 0.6) is 11.5 Å². The van der Waals surface area contributed by atoms with Crippen LogP contribution in [0.4, 0.5) is 5.69 Å². The Morgan fingerprint density at radius 1 is 0.853 bits per heavy atom. The molecule has 2 aliphatic rings. The molecule has 2 aliphatic heterocycles. The largest absolute Gasteiger partial charge is 0.454 e. The number of rotatable bonds is 3. The maximum atomic E-state index is 13.1. The quantitative estimate of drug-likeness (QED) is 0.533. The summed E-state index contributed by atoms with van der Waals surface area (Å²) in [6.07, 6.45) is 0.732. The second-order valence-electron chi connectivity index (χ2n) is 8.99. The van der Waals surface area contributed by atoms with Crippen molar-refractivity contribution in [3.63, 3.8) is 0 Å². The minimum absolute atomic E-state index is 0.0252. The monoisotopic (exact) mass is 475 g/mol. The second kappa shape index (κ2) is 9.24. The lowest BCUT2D eigenvalue weighted by Gasteiger charge is -2.25. The Morgan fingerprint density at radius 2 is 1.62 bits per heavy atom. The number of aryl methyl sites for hydroxylation is 2. The van der Waals surface area contributed by atoms with Crippen molar-refractivity contribution in [2.75, 3.05) is 26.2 Å². The molecule has 5 rings (SSSR count). The average Bonchev–Trinajstić information content (AvgIpc) is 3.15. The Morgan fingerprint density at radius 3 is 2.44 bits per heavy atom. The topological polar surface area (TPSA) is 62.2 Å². The molecular weight excluding hydrogens is 446 g/mol. The number of hydrogen-bond acceptors (Lipinski definition) is 5. The highest BCUT2D eigenvalue weighted by molar-refractivity contribution is 7.88. The molecule has 1 fully saturated rings. The van der Waals surface area contributed by atoms with Crippen LogP contribution in [0.3, 0.4) is 0 Å². The third-order valence-corrected chi connectivity index (χ3v) is 8.13. The molecule has 0 unspecified atom stereocenters. The molecule has 0 aliphatic carbocycles. The number of fused-ring (bicyclic) bond motifs is 2. The Labute approximate surface area is 201 Å². The highest BCUT2D eigenvalue weighted by Crippen LogP contribution is 2.39. The van der Waals surface area contributed by atoms with Gasteiger partial charge in [-0.25, -0.2) is 13.4 Å². The smallest absolute Gasteiger partial charge is 0.218 e. The molecule has 0 radical (unpaired) electrons. The summed E-state index contributed by atoms with van der Waals surface area (Å²) in [5.74, 6) is 2.37. The third-order valence-electron chi connectivity index (χ3n) is 6.28. The van der Waals surface area contributed by atoms with Crippen LogP contribution >= 0.6 is 0 Å². The van der Waals surface area contributed by atoms with Gasteiger partial charge in [0.25, 0.3) is 0 Å². The Kier molecular flexibility index (Phi) is 6.15. The summed E-state index contributed by atoms with van der Waals surface area (Å²) in [5.41, 5.74) is 4.77. The molecule has 7 heteroatoms. The molecule has 3 aromatic rings. The molecule has 6 nitrogen and oxygen atoms in total. The molecule has 0 aromatic heterocycles. The second-order valence-corrected chi connectivity index (χ2v) is 11.0. The van der Waals surface area contributed by atoms with E-state index in [1.807, 2.05) is 67.6 Å². The fourth-order valence-electron chi connectivity index (χ4n) is 4.50. The summed E-state index contributed by atoms with van der Waals surface area (Å²) in [4.78, 5) is 7.24. The Bertz CT molecular complexity index is 1340. The van der Waals surface area contributed by atoms with Crippen molar-refractivity contribution in [3.8, 4) is 11.5 Å². The summed E-state index contributed by atoms with van der Waals surface area (Å²) in [5, 5.41) is 0. The van der Waals surface area contributed by atoms with Gasteiger partial charge in [0, 0.05) is 26.2 Å². The van der Waals surface area contributed by atoms with Crippen molar-refractivity contribution >= 4 is 21.5 Å². The van der Waals surface area contributed by atoms with Crippen LogP contribution in [0.1, 0.15) is 28.7 Å². The van der Waals surface area contributed by atoms with Gasteiger partial charge in [0.1, 0.15) is 17.3 Å². The first-order valence-electron chi connectivity index (χ1n) is 11.6. The molecule has 0 atom stereocenters. The Hall–Kier alpha value is -3.16. The van der Waals surface area contributed by atoms with Crippen LogP contribution in [-0.2, 0) is 15.8 Å². The van der Waals surface area contributed by atoms with Crippen LogP contribution in [0.2, 0.25) is 0 Å². The van der Waals surface area contributed by atoms with E-state index in [1.54, 1.807) is 4.31 Å². The van der Waals surface area contributed by atoms with Gasteiger partial charge in [-0.15, -0.1) is 0 Å². The highest BCUT2D eigenvalue weighted by Gasteiger charge is 2.29. The molecule has 0 spiro atoms. The van der Waals surface area contributed by atoms with Crippen molar-refractivity contribution in [2.24, 2.45) is 4.99 Å². The van der Waals surface area contributed by atoms with E-state index >= 15 is 0 Å². The van der Waals surface area contributed by atoms with E-state index in [0.29, 0.717) is 19.6 Å². The zero-order valence-electron chi connectivity index (χ0n) is 19.6. The highest BCUT2D eigenvalue weighted by atomic mass is 32.2. The van der Waals surface area contributed by atoms with Crippen molar-refractivity contribution in [3.05, 3.63) is 89.0 Å². The minimum atomic E-state index is -3.40. The lowest BCUT2D eigenvalue weighted by Crippen LogP contribution is -2.38. The van der Waals surface area contributed by atoms with E-state index in [9.17, 15) is 8.42 Å². The van der Waals surface area contributed by atoms with Gasteiger partial charge in [0.2, 0.25) is 10.0 Å².